The lowest BCUT2D eigenvalue weighted by atomic mass is 10.00. The van der Waals surface area contributed by atoms with E-state index in [1.54, 1.807) is 17.0 Å². The third-order valence-electron chi connectivity index (χ3n) is 4.44. The summed E-state index contributed by atoms with van der Waals surface area (Å²) in [5, 5.41) is 0. The molecule has 2 aromatic rings. The van der Waals surface area contributed by atoms with Gasteiger partial charge in [0.15, 0.2) is 6.10 Å². The Morgan fingerprint density at radius 2 is 1.37 bits per heavy atom. The molecule has 0 aliphatic carbocycles. The van der Waals surface area contributed by atoms with E-state index in [0.29, 0.717) is 24.2 Å². The van der Waals surface area contributed by atoms with Gasteiger partial charge in [-0.1, -0.05) is 87.4 Å². The van der Waals surface area contributed by atoms with Gasteiger partial charge in [0.05, 0.1) is 0 Å². The number of hydrogen-bond donors (Lipinski definition) is 0. The molecule has 0 aliphatic rings. The van der Waals surface area contributed by atoms with Crippen molar-refractivity contribution in [3.8, 4) is 0 Å². The van der Waals surface area contributed by atoms with Gasteiger partial charge in [-0.25, -0.2) is 4.79 Å². The summed E-state index contributed by atoms with van der Waals surface area (Å²) in [6, 6.07) is 18.2. The van der Waals surface area contributed by atoms with E-state index in [4.69, 9.17) is 4.74 Å². The Morgan fingerprint density at radius 1 is 0.852 bits per heavy atom. The largest absolute Gasteiger partial charge is 0.433 e. The maximum Gasteiger partial charge on any atom is 0.410 e. The molecular weight excluding hydrogens is 338 g/mol. The predicted octanol–water partition coefficient (Wildman–Crippen LogP) is 5.65. The minimum atomic E-state index is -0.938. The van der Waals surface area contributed by atoms with E-state index in [-0.39, 0.29) is 5.78 Å². The Kier molecular flexibility index (Phi) is 8.56. The van der Waals surface area contributed by atoms with Gasteiger partial charge < -0.3 is 9.64 Å². The highest BCUT2D eigenvalue weighted by Gasteiger charge is 2.28. The second-order valence-corrected chi connectivity index (χ2v) is 6.60. The van der Waals surface area contributed by atoms with Crippen LogP contribution in [0.15, 0.2) is 60.7 Å². The molecule has 0 bridgehead atoms. The van der Waals surface area contributed by atoms with Crippen LogP contribution in [0.5, 0.6) is 0 Å². The minimum absolute atomic E-state index is 0.207. The molecule has 0 saturated heterocycles. The highest BCUT2D eigenvalue weighted by Crippen LogP contribution is 2.24. The molecule has 144 valence electrons. The Bertz CT molecular complexity index is 692. The second kappa shape index (κ2) is 11.2. The topological polar surface area (TPSA) is 46.6 Å². The maximum atomic E-state index is 13.0. The van der Waals surface area contributed by atoms with Crippen molar-refractivity contribution in [1.82, 2.24) is 4.90 Å². The normalized spacial score (nSPS) is 11.6. The number of hydrogen-bond acceptors (Lipinski definition) is 3. The number of Topliss-reactive ketones (excluding diaryl/α,β-unsaturated/α-hetero) is 1. The van der Waals surface area contributed by atoms with Crippen LogP contribution < -0.4 is 0 Å². The molecular formula is C23H29NO3. The van der Waals surface area contributed by atoms with E-state index in [1.165, 1.54) is 0 Å². The van der Waals surface area contributed by atoms with Crippen LogP contribution >= 0.6 is 0 Å². The first-order valence-electron chi connectivity index (χ1n) is 9.77. The molecule has 4 heteroatoms. The molecule has 0 radical (unpaired) electrons. The molecule has 0 aromatic heterocycles. The van der Waals surface area contributed by atoms with Gasteiger partial charge in [0.2, 0.25) is 5.78 Å². The maximum absolute atomic E-state index is 13.0. The zero-order valence-corrected chi connectivity index (χ0v) is 16.3. The Hall–Kier alpha value is -2.62. The fourth-order valence-corrected chi connectivity index (χ4v) is 2.82. The Balaban J connectivity index is 2.22. The van der Waals surface area contributed by atoms with Gasteiger partial charge >= 0.3 is 6.09 Å². The number of ketones is 1. The van der Waals surface area contributed by atoms with Crippen LogP contribution in [0.25, 0.3) is 0 Å². The lowest BCUT2D eigenvalue weighted by Gasteiger charge is -2.25. The number of ether oxygens (including phenoxy) is 1. The van der Waals surface area contributed by atoms with Crippen LogP contribution in [-0.4, -0.2) is 29.9 Å². The van der Waals surface area contributed by atoms with E-state index in [2.05, 4.69) is 13.8 Å². The first-order valence-corrected chi connectivity index (χ1v) is 9.77. The standard InChI is InChI=1S/C23H29NO3/c1-3-5-17-24(18-6-4-2)23(26)27-22(20-15-11-8-12-16-20)21(25)19-13-9-7-10-14-19/h7-16,22H,3-6,17-18H2,1-2H3. The highest BCUT2D eigenvalue weighted by atomic mass is 16.6. The fraction of sp³-hybridized carbons (Fsp3) is 0.391. The van der Waals surface area contributed by atoms with Gasteiger partial charge in [0.25, 0.3) is 0 Å². The molecule has 0 heterocycles. The van der Waals surface area contributed by atoms with Crippen LogP contribution in [0.3, 0.4) is 0 Å². The first-order chi connectivity index (χ1) is 13.2. The van der Waals surface area contributed by atoms with Gasteiger partial charge in [-0.2, -0.15) is 0 Å². The van der Waals surface area contributed by atoms with Gasteiger partial charge in [0.1, 0.15) is 0 Å². The summed E-state index contributed by atoms with van der Waals surface area (Å²) in [6.07, 6.45) is 2.48. The lowest BCUT2D eigenvalue weighted by Crippen LogP contribution is -2.35. The smallest absolute Gasteiger partial charge is 0.410 e. The summed E-state index contributed by atoms with van der Waals surface area (Å²) in [4.78, 5) is 27.6. The van der Waals surface area contributed by atoms with Crippen LogP contribution in [-0.2, 0) is 4.74 Å². The Morgan fingerprint density at radius 3 is 1.89 bits per heavy atom. The van der Waals surface area contributed by atoms with Crippen LogP contribution in [0.1, 0.15) is 61.6 Å². The van der Waals surface area contributed by atoms with E-state index in [9.17, 15) is 9.59 Å². The SMILES string of the molecule is CCCCN(CCCC)C(=O)OC(C(=O)c1ccccc1)c1ccccc1. The van der Waals surface area contributed by atoms with Crippen molar-refractivity contribution in [1.29, 1.82) is 0 Å². The third kappa shape index (κ3) is 6.24. The minimum Gasteiger partial charge on any atom is -0.433 e. The van der Waals surface area contributed by atoms with E-state index in [1.807, 2.05) is 48.5 Å². The van der Waals surface area contributed by atoms with Crippen LogP contribution in [0.2, 0.25) is 0 Å². The Labute approximate surface area is 162 Å². The summed E-state index contributed by atoms with van der Waals surface area (Å²) in [5.74, 6) is -0.207. The number of carbonyl (C=O) groups excluding carboxylic acids is 2. The fourth-order valence-electron chi connectivity index (χ4n) is 2.82. The van der Waals surface area contributed by atoms with Gasteiger partial charge in [0, 0.05) is 24.2 Å². The van der Waals surface area contributed by atoms with Crippen molar-refractivity contribution < 1.29 is 14.3 Å². The van der Waals surface area contributed by atoms with Gasteiger partial charge in [-0.15, -0.1) is 0 Å². The first kappa shape index (κ1) is 20.7. The third-order valence-corrected chi connectivity index (χ3v) is 4.44. The lowest BCUT2D eigenvalue weighted by molar-refractivity contribution is 0.0481. The summed E-state index contributed by atoms with van der Waals surface area (Å²) >= 11 is 0. The summed E-state index contributed by atoms with van der Waals surface area (Å²) in [6.45, 7) is 5.48. The average Bonchev–Trinajstić information content (AvgIpc) is 2.72. The van der Waals surface area contributed by atoms with E-state index >= 15 is 0 Å². The molecule has 1 atom stereocenters. The number of rotatable bonds is 10. The van der Waals surface area contributed by atoms with E-state index in [0.717, 1.165) is 25.7 Å². The molecule has 0 N–H and O–H groups in total. The summed E-state index contributed by atoms with van der Waals surface area (Å²) in [7, 11) is 0. The molecule has 0 fully saturated rings. The molecule has 1 unspecified atom stereocenters. The zero-order chi connectivity index (χ0) is 19.5. The number of nitrogens with zero attached hydrogens (tertiary/aromatic N) is 1. The number of amides is 1. The highest BCUT2D eigenvalue weighted by molar-refractivity contribution is 6.00. The summed E-state index contributed by atoms with van der Waals surface area (Å²) in [5.41, 5.74) is 1.22. The van der Waals surface area contributed by atoms with E-state index < -0.39 is 12.2 Å². The molecule has 0 spiro atoms. The average molecular weight is 367 g/mol. The zero-order valence-electron chi connectivity index (χ0n) is 16.3. The van der Waals surface area contributed by atoms with Crippen LogP contribution in [0.4, 0.5) is 4.79 Å². The molecule has 27 heavy (non-hydrogen) atoms. The number of benzene rings is 2. The van der Waals surface area contributed by atoms with Crippen molar-refractivity contribution >= 4 is 11.9 Å². The van der Waals surface area contributed by atoms with Gasteiger partial charge in [-0.05, 0) is 12.8 Å². The van der Waals surface area contributed by atoms with Gasteiger partial charge in [-0.3, -0.25) is 4.79 Å². The molecule has 2 aromatic carbocycles. The van der Waals surface area contributed by atoms with Crippen molar-refractivity contribution in [2.75, 3.05) is 13.1 Å². The summed E-state index contributed by atoms with van der Waals surface area (Å²) < 4.78 is 5.75. The van der Waals surface area contributed by atoms with Crippen LogP contribution in [0, 0.1) is 0 Å². The van der Waals surface area contributed by atoms with Crippen molar-refractivity contribution in [3.63, 3.8) is 0 Å². The molecule has 2 rings (SSSR count). The molecule has 4 nitrogen and oxygen atoms in total. The second-order valence-electron chi connectivity index (χ2n) is 6.60. The quantitative estimate of drug-likeness (QED) is 0.510. The van der Waals surface area contributed by atoms with Crippen molar-refractivity contribution in [3.05, 3.63) is 71.8 Å². The monoisotopic (exact) mass is 367 g/mol. The van der Waals surface area contributed by atoms with Crippen molar-refractivity contribution in [2.24, 2.45) is 0 Å². The molecule has 0 saturated carbocycles. The molecule has 1 amide bonds. The number of carbonyl (C=O) groups is 2. The van der Waals surface area contributed by atoms with Crippen molar-refractivity contribution in [2.45, 2.75) is 45.6 Å². The number of unbranched alkanes of at least 4 members (excludes halogenated alkanes) is 2. The predicted molar refractivity (Wildman–Crippen MR) is 108 cm³/mol. The molecule has 0 aliphatic heterocycles.